The van der Waals surface area contributed by atoms with Gasteiger partial charge in [-0.2, -0.15) is 0 Å². The van der Waals surface area contributed by atoms with Crippen molar-refractivity contribution in [3.63, 3.8) is 0 Å². The summed E-state index contributed by atoms with van der Waals surface area (Å²) in [6.45, 7) is 5.17. The predicted molar refractivity (Wildman–Crippen MR) is 86.4 cm³/mol. The van der Waals surface area contributed by atoms with Crippen molar-refractivity contribution in [2.45, 2.75) is 19.3 Å². The Hall–Kier alpha value is -1.89. The van der Waals surface area contributed by atoms with Crippen molar-refractivity contribution in [1.82, 2.24) is 15.1 Å². The highest BCUT2D eigenvalue weighted by atomic mass is 19.3. The van der Waals surface area contributed by atoms with Crippen LogP contribution < -0.4 is 11.1 Å². The van der Waals surface area contributed by atoms with Gasteiger partial charge >= 0.3 is 0 Å². The van der Waals surface area contributed by atoms with Gasteiger partial charge in [-0.15, -0.1) is 0 Å². The van der Waals surface area contributed by atoms with Crippen LogP contribution >= 0.6 is 0 Å². The summed E-state index contributed by atoms with van der Waals surface area (Å²) in [4.78, 5) is 3.73. The predicted octanol–water partition coefficient (Wildman–Crippen LogP) is 1.27. The van der Waals surface area contributed by atoms with Crippen molar-refractivity contribution in [3.8, 4) is 0 Å². The molecular weight excluding hydrogens is 300 g/mol. The molecule has 2 aliphatic heterocycles. The number of halogens is 2. The molecule has 5 nitrogen and oxygen atoms in total. The molecule has 4 N–H and O–H groups in total. The molecule has 3 rings (SSSR count). The van der Waals surface area contributed by atoms with Gasteiger partial charge in [-0.1, -0.05) is 0 Å². The molecule has 7 heteroatoms. The molecule has 3 aliphatic rings. The number of piperazine rings is 1. The third-order valence-corrected chi connectivity index (χ3v) is 4.59. The van der Waals surface area contributed by atoms with Gasteiger partial charge in [0.2, 0.25) is 0 Å². The van der Waals surface area contributed by atoms with Crippen LogP contribution in [0.3, 0.4) is 0 Å². The van der Waals surface area contributed by atoms with Gasteiger partial charge in [-0.05, 0) is 24.6 Å². The van der Waals surface area contributed by atoms with E-state index < -0.39 is 5.92 Å². The first kappa shape index (κ1) is 16.0. The van der Waals surface area contributed by atoms with Gasteiger partial charge in [-0.3, -0.25) is 5.41 Å². The summed E-state index contributed by atoms with van der Waals surface area (Å²) < 4.78 is 27.0. The average molecular weight is 323 g/mol. The zero-order chi connectivity index (χ0) is 16.6. The first-order valence-electron chi connectivity index (χ1n) is 7.95. The third kappa shape index (κ3) is 3.24. The van der Waals surface area contributed by atoms with E-state index in [-0.39, 0.29) is 13.0 Å². The van der Waals surface area contributed by atoms with Gasteiger partial charge in [-0.25, -0.2) is 8.78 Å². The smallest absolute Gasteiger partial charge is 0.266 e. The van der Waals surface area contributed by atoms with Crippen LogP contribution in [0.25, 0.3) is 0 Å². The first-order chi connectivity index (χ1) is 10.9. The number of nitrogens with one attached hydrogen (secondary N) is 2. The molecule has 2 heterocycles. The lowest BCUT2D eigenvalue weighted by atomic mass is 9.95. The molecular formula is C16H23F2N5. The number of hydrogen-bond donors (Lipinski definition) is 3. The van der Waals surface area contributed by atoms with Crippen molar-refractivity contribution in [2.75, 3.05) is 39.3 Å². The second-order valence-electron chi connectivity index (χ2n) is 6.34. The van der Waals surface area contributed by atoms with Gasteiger partial charge in [0, 0.05) is 50.4 Å². The van der Waals surface area contributed by atoms with Crippen molar-refractivity contribution in [2.24, 2.45) is 5.73 Å². The first-order valence-corrected chi connectivity index (χ1v) is 7.95. The van der Waals surface area contributed by atoms with Crippen LogP contribution in [0.5, 0.6) is 0 Å². The molecule has 0 aromatic rings. The number of hydrogen-bond acceptors (Lipinski definition) is 5. The Kier molecular flexibility index (Phi) is 4.14. The van der Waals surface area contributed by atoms with E-state index in [0.717, 1.165) is 37.4 Å². The zero-order valence-electron chi connectivity index (χ0n) is 13.3. The van der Waals surface area contributed by atoms with Gasteiger partial charge < -0.3 is 20.9 Å². The third-order valence-electron chi connectivity index (χ3n) is 4.59. The molecule has 0 unspecified atom stereocenters. The van der Waals surface area contributed by atoms with E-state index in [9.17, 15) is 8.78 Å². The lowest BCUT2D eigenvalue weighted by Crippen LogP contribution is -2.45. The molecule has 0 atom stereocenters. The van der Waals surface area contributed by atoms with Gasteiger partial charge in [0.1, 0.15) is 5.82 Å². The molecule has 126 valence electrons. The summed E-state index contributed by atoms with van der Waals surface area (Å²) in [5.41, 5.74) is 8.78. The fourth-order valence-corrected chi connectivity index (χ4v) is 3.19. The Morgan fingerprint density at radius 3 is 2.57 bits per heavy atom. The molecule has 0 saturated carbocycles. The van der Waals surface area contributed by atoms with Gasteiger partial charge in [0.15, 0.2) is 0 Å². The van der Waals surface area contributed by atoms with E-state index in [2.05, 4.69) is 5.32 Å². The molecule has 0 bridgehead atoms. The topological polar surface area (TPSA) is 68.4 Å². The van der Waals surface area contributed by atoms with E-state index in [4.69, 9.17) is 11.1 Å². The molecule has 0 amide bonds. The number of rotatable bonds is 2. The molecule has 0 spiro atoms. The van der Waals surface area contributed by atoms with E-state index in [1.54, 1.807) is 17.1 Å². The van der Waals surface area contributed by atoms with Crippen LogP contribution in [0.15, 0.2) is 34.8 Å². The molecule has 0 radical (unpaired) electrons. The van der Waals surface area contributed by atoms with E-state index >= 15 is 0 Å². The van der Waals surface area contributed by atoms with Gasteiger partial charge in [0.25, 0.3) is 5.92 Å². The molecule has 1 aliphatic carbocycles. The van der Waals surface area contributed by atoms with Crippen LogP contribution in [0.1, 0.15) is 13.3 Å². The van der Waals surface area contributed by atoms with Crippen LogP contribution in [-0.4, -0.2) is 60.7 Å². The summed E-state index contributed by atoms with van der Waals surface area (Å²) in [5, 5.41) is 11.5. The number of nitrogens with zero attached hydrogens (tertiary/aromatic N) is 2. The highest BCUT2D eigenvalue weighted by Gasteiger charge is 2.39. The molecule has 0 aromatic heterocycles. The quantitative estimate of drug-likeness (QED) is 0.716. The molecule has 2 fully saturated rings. The number of likely N-dealkylation sites (tertiary alicyclic amines) is 1. The minimum absolute atomic E-state index is 0.124. The van der Waals surface area contributed by atoms with Crippen LogP contribution in [0.4, 0.5) is 8.78 Å². The monoisotopic (exact) mass is 323 g/mol. The maximum atomic E-state index is 13.5. The highest BCUT2D eigenvalue weighted by Crippen LogP contribution is 2.32. The van der Waals surface area contributed by atoms with Crippen molar-refractivity contribution >= 4 is 5.71 Å². The SMILES string of the molecule is CC1=CC(N2CCC(F)(F)C2)=C/C(=C(/N)N2CCNCC2)C1=N. The summed E-state index contributed by atoms with van der Waals surface area (Å²) in [6, 6.07) is 0. The van der Waals surface area contributed by atoms with Crippen molar-refractivity contribution in [3.05, 3.63) is 34.8 Å². The summed E-state index contributed by atoms with van der Waals surface area (Å²) in [5.74, 6) is -2.07. The summed E-state index contributed by atoms with van der Waals surface area (Å²) in [7, 11) is 0. The number of nitrogens with two attached hydrogens (primary N) is 1. The van der Waals surface area contributed by atoms with E-state index in [1.165, 1.54) is 0 Å². The maximum absolute atomic E-state index is 13.5. The molecule has 2 saturated heterocycles. The van der Waals surface area contributed by atoms with Crippen LogP contribution in [0.2, 0.25) is 0 Å². The molecule has 23 heavy (non-hydrogen) atoms. The van der Waals surface area contributed by atoms with Crippen molar-refractivity contribution in [1.29, 1.82) is 5.41 Å². The molecule has 0 aromatic carbocycles. The number of allylic oxidation sites excluding steroid dienone is 4. The Labute approximate surface area is 135 Å². The van der Waals surface area contributed by atoms with E-state index in [1.807, 2.05) is 11.8 Å². The largest absolute Gasteiger partial charge is 0.385 e. The summed E-state index contributed by atoms with van der Waals surface area (Å²) in [6.07, 6.45) is 3.47. The Morgan fingerprint density at radius 2 is 1.96 bits per heavy atom. The summed E-state index contributed by atoms with van der Waals surface area (Å²) >= 11 is 0. The normalized spacial score (nSPS) is 27.0. The Bertz CT molecular complexity index is 600. The van der Waals surface area contributed by atoms with Gasteiger partial charge in [0.05, 0.1) is 12.3 Å². The number of alkyl halides is 2. The average Bonchev–Trinajstić information content (AvgIpc) is 2.90. The minimum Gasteiger partial charge on any atom is -0.385 e. The fraction of sp³-hybridized carbons (Fsp3) is 0.562. The van der Waals surface area contributed by atoms with Crippen LogP contribution in [0, 0.1) is 5.41 Å². The Morgan fingerprint density at radius 1 is 1.26 bits per heavy atom. The lowest BCUT2D eigenvalue weighted by Gasteiger charge is -2.32. The second-order valence-corrected chi connectivity index (χ2v) is 6.34. The van der Waals surface area contributed by atoms with Crippen LogP contribution in [-0.2, 0) is 0 Å². The Balaban J connectivity index is 1.90. The fourth-order valence-electron chi connectivity index (χ4n) is 3.19. The van der Waals surface area contributed by atoms with Crippen molar-refractivity contribution < 1.29 is 8.78 Å². The standard InChI is InChI=1S/C16H23F2N5/c1-11-8-12(23-5-2-16(17,18)10-23)9-13(14(11)19)15(20)22-6-3-21-4-7-22/h8-9,19,21H,2-7,10,20H2,1H3/b15-13+,19-14?. The highest BCUT2D eigenvalue weighted by molar-refractivity contribution is 6.13. The zero-order valence-corrected chi connectivity index (χ0v) is 13.3. The maximum Gasteiger partial charge on any atom is 0.266 e. The second kappa shape index (κ2) is 5.96. The minimum atomic E-state index is -2.64. The van der Waals surface area contributed by atoms with E-state index in [0.29, 0.717) is 23.7 Å². The lowest BCUT2D eigenvalue weighted by molar-refractivity contribution is 0.0154.